The van der Waals surface area contributed by atoms with Gasteiger partial charge in [-0.2, -0.15) is 0 Å². The Morgan fingerprint density at radius 1 is 1.24 bits per heavy atom. The van der Waals surface area contributed by atoms with Gasteiger partial charge in [0.15, 0.2) is 0 Å². The third-order valence-corrected chi connectivity index (χ3v) is 2.91. The lowest BCUT2D eigenvalue weighted by Crippen LogP contribution is -2.39. The van der Waals surface area contributed by atoms with Gasteiger partial charge in [0.25, 0.3) is 0 Å². The zero-order valence-electron chi connectivity index (χ0n) is 12.9. The Morgan fingerprint density at radius 3 is 2.18 bits per heavy atom. The molecule has 0 saturated carbocycles. The average Bonchev–Trinajstić information content (AvgIpc) is 2.12. The summed E-state index contributed by atoms with van der Waals surface area (Å²) in [5, 5.41) is 3.48. The van der Waals surface area contributed by atoms with Gasteiger partial charge in [-0.15, -0.1) is 0 Å². The topological polar surface area (TPSA) is 15.3 Å². The largest absolute Gasteiger partial charge is 0.308 e. The van der Waals surface area contributed by atoms with E-state index >= 15 is 0 Å². The van der Waals surface area contributed by atoms with E-state index in [4.69, 9.17) is 0 Å². The Hall–Kier alpha value is -0.340. The van der Waals surface area contributed by atoms with Crippen LogP contribution in [0.2, 0.25) is 0 Å². The summed E-state index contributed by atoms with van der Waals surface area (Å²) in [7, 11) is 2.19. The van der Waals surface area contributed by atoms with Crippen molar-refractivity contribution in [1.82, 2.24) is 10.2 Å². The van der Waals surface area contributed by atoms with Crippen molar-refractivity contribution in [2.45, 2.75) is 59.5 Å². The maximum Gasteiger partial charge on any atom is 0.0202 e. The van der Waals surface area contributed by atoms with Gasteiger partial charge in [-0.3, -0.25) is 4.90 Å². The number of rotatable bonds is 7. The molecule has 0 spiro atoms. The molecule has 2 nitrogen and oxygen atoms in total. The molecule has 0 saturated heterocycles. The van der Waals surface area contributed by atoms with Crippen LogP contribution in [-0.2, 0) is 0 Å². The van der Waals surface area contributed by atoms with E-state index in [1.54, 1.807) is 0 Å². The number of likely N-dealkylation sites (N-methyl/N-ethyl adjacent to an activating group) is 1. The first kappa shape index (κ1) is 16.7. The third kappa shape index (κ3) is 9.37. The van der Waals surface area contributed by atoms with Gasteiger partial charge in [-0.1, -0.05) is 20.4 Å². The highest BCUT2D eigenvalue weighted by Crippen LogP contribution is 2.10. The van der Waals surface area contributed by atoms with Crippen molar-refractivity contribution in [2.24, 2.45) is 5.92 Å². The first-order valence-corrected chi connectivity index (χ1v) is 6.73. The van der Waals surface area contributed by atoms with E-state index in [2.05, 4.69) is 65.4 Å². The molecule has 0 rings (SSSR count). The minimum atomic E-state index is 0.172. The zero-order valence-corrected chi connectivity index (χ0v) is 12.9. The molecule has 0 amide bonds. The van der Waals surface area contributed by atoms with Crippen LogP contribution in [-0.4, -0.2) is 36.6 Å². The van der Waals surface area contributed by atoms with E-state index < -0.39 is 0 Å². The number of nitrogens with zero attached hydrogens (tertiary/aromatic N) is 1. The molecular formula is C15H32N2. The summed E-state index contributed by atoms with van der Waals surface area (Å²) >= 11 is 0. The number of hydrogen-bond donors (Lipinski definition) is 1. The molecule has 0 bridgehead atoms. The van der Waals surface area contributed by atoms with Crippen molar-refractivity contribution in [3.05, 3.63) is 12.2 Å². The van der Waals surface area contributed by atoms with Crippen molar-refractivity contribution in [3.63, 3.8) is 0 Å². The lowest BCUT2D eigenvalue weighted by molar-refractivity contribution is 0.243. The molecule has 1 N–H and O–H groups in total. The quantitative estimate of drug-likeness (QED) is 0.687. The number of nitrogens with one attached hydrogen (secondary N) is 1. The summed E-state index contributed by atoms with van der Waals surface area (Å²) in [5.41, 5.74) is 1.43. The van der Waals surface area contributed by atoms with E-state index in [0.717, 1.165) is 19.0 Å². The molecule has 0 aromatic rings. The Kier molecular flexibility index (Phi) is 7.03. The van der Waals surface area contributed by atoms with Crippen LogP contribution >= 0.6 is 0 Å². The molecule has 1 unspecified atom stereocenters. The van der Waals surface area contributed by atoms with Crippen LogP contribution in [0, 0.1) is 5.92 Å². The minimum Gasteiger partial charge on any atom is -0.308 e. The molecular weight excluding hydrogens is 208 g/mol. The zero-order chi connectivity index (χ0) is 13.6. The lowest BCUT2D eigenvalue weighted by Gasteiger charge is -2.28. The first-order valence-electron chi connectivity index (χ1n) is 6.73. The molecule has 0 aromatic carbocycles. The van der Waals surface area contributed by atoms with Crippen LogP contribution in [0.5, 0.6) is 0 Å². The van der Waals surface area contributed by atoms with Crippen molar-refractivity contribution in [1.29, 1.82) is 0 Å². The summed E-state index contributed by atoms with van der Waals surface area (Å²) in [6, 6.07) is 0.626. The van der Waals surface area contributed by atoms with E-state index in [0.29, 0.717) is 6.04 Å². The second kappa shape index (κ2) is 7.17. The molecule has 0 aromatic heterocycles. The van der Waals surface area contributed by atoms with Crippen molar-refractivity contribution in [2.75, 3.05) is 20.1 Å². The fraction of sp³-hybridized carbons (Fsp3) is 0.867. The van der Waals surface area contributed by atoms with Crippen LogP contribution in [0.15, 0.2) is 12.2 Å². The molecule has 0 heterocycles. The van der Waals surface area contributed by atoms with Crippen molar-refractivity contribution < 1.29 is 0 Å². The van der Waals surface area contributed by atoms with E-state index in [-0.39, 0.29) is 5.54 Å². The van der Waals surface area contributed by atoms with Gasteiger partial charge in [0.05, 0.1) is 0 Å². The van der Waals surface area contributed by atoms with Gasteiger partial charge in [0.2, 0.25) is 0 Å². The molecule has 0 aliphatic rings. The monoisotopic (exact) mass is 240 g/mol. The number of hydrogen-bond acceptors (Lipinski definition) is 2. The first-order chi connectivity index (χ1) is 7.61. The van der Waals surface area contributed by atoms with Crippen LogP contribution in [0.4, 0.5) is 0 Å². The van der Waals surface area contributed by atoms with Gasteiger partial charge in [-0.05, 0) is 52.7 Å². The average molecular weight is 240 g/mol. The summed E-state index contributed by atoms with van der Waals surface area (Å²) in [6.45, 7) is 19.5. The van der Waals surface area contributed by atoms with E-state index in [9.17, 15) is 0 Å². The molecule has 1 atom stereocenters. The van der Waals surface area contributed by atoms with Gasteiger partial charge in [-0.25, -0.2) is 0 Å². The second-order valence-corrected chi connectivity index (χ2v) is 6.75. The van der Waals surface area contributed by atoms with Crippen LogP contribution < -0.4 is 5.32 Å². The summed E-state index contributed by atoms with van der Waals surface area (Å²) in [6.07, 6.45) is 1.25. The van der Waals surface area contributed by atoms with Gasteiger partial charge >= 0.3 is 0 Å². The lowest BCUT2D eigenvalue weighted by atomic mass is 10.0. The van der Waals surface area contributed by atoms with E-state index in [1.807, 2.05) is 0 Å². The highest BCUT2D eigenvalue weighted by atomic mass is 15.1. The van der Waals surface area contributed by atoms with Crippen LogP contribution in [0.25, 0.3) is 0 Å². The third-order valence-electron chi connectivity index (χ3n) is 2.91. The highest BCUT2D eigenvalue weighted by Gasteiger charge is 2.13. The maximum atomic E-state index is 4.16. The SMILES string of the molecule is C=C(CNC(C)(C)C)CN(C)C(C)CC(C)C. The molecule has 102 valence electrons. The van der Waals surface area contributed by atoms with Crippen LogP contribution in [0.1, 0.15) is 48.0 Å². The molecule has 0 fully saturated rings. The molecule has 17 heavy (non-hydrogen) atoms. The maximum absolute atomic E-state index is 4.16. The van der Waals surface area contributed by atoms with Gasteiger partial charge in [0, 0.05) is 24.7 Å². The summed E-state index contributed by atoms with van der Waals surface area (Å²) in [4.78, 5) is 2.40. The normalized spacial score (nSPS) is 14.4. The highest BCUT2D eigenvalue weighted by molar-refractivity contribution is 5.01. The van der Waals surface area contributed by atoms with Crippen molar-refractivity contribution >= 4 is 0 Å². The standard InChI is InChI=1S/C15H32N2/c1-12(2)9-14(4)17(8)11-13(3)10-16-15(5,6)7/h12,14,16H,3,9-11H2,1-2,4-8H3. The Balaban J connectivity index is 3.95. The molecule has 2 heteroatoms. The Labute approximate surface area is 108 Å². The summed E-state index contributed by atoms with van der Waals surface area (Å²) < 4.78 is 0. The predicted molar refractivity (Wildman–Crippen MR) is 78.4 cm³/mol. The van der Waals surface area contributed by atoms with Crippen LogP contribution in [0.3, 0.4) is 0 Å². The fourth-order valence-corrected chi connectivity index (χ4v) is 1.82. The molecule has 0 aliphatic carbocycles. The Bertz CT molecular complexity index is 226. The van der Waals surface area contributed by atoms with Gasteiger partial charge in [0.1, 0.15) is 0 Å². The predicted octanol–water partition coefficient (Wildman–Crippen LogP) is 3.30. The minimum absolute atomic E-state index is 0.172. The second-order valence-electron chi connectivity index (χ2n) is 6.75. The Morgan fingerprint density at radius 2 is 1.76 bits per heavy atom. The summed E-state index contributed by atoms with van der Waals surface area (Å²) in [5.74, 6) is 0.758. The van der Waals surface area contributed by atoms with Crippen molar-refractivity contribution in [3.8, 4) is 0 Å². The van der Waals surface area contributed by atoms with Gasteiger partial charge < -0.3 is 5.32 Å². The molecule has 0 aliphatic heterocycles. The van der Waals surface area contributed by atoms with E-state index in [1.165, 1.54) is 12.0 Å². The fourth-order valence-electron chi connectivity index (χ4n) is 1.82. The molecule has 0 radical (unpaired) electrons. The smallest absolute Gasteiger partial charge is 0.0202 e.